The van der Waals surface area contributed by atoms with Crippen LogP contribution in [0.15, 0.2) is 36.4 Å². The van der Waals surface area contributed by atoms with Gasteiger partial charge in [-0.25, -0.2) is 9.59 Å². The molecule has 21 heavy (non-hydrogen) atoms. The van der Waals surface area contributed by atoms with Gasteiger partial charge in [-0.3, -0.25) is 0 Å². The Morgan fingerprint density at radius 1 is 1.10 bits per heavy atom. The minimum atomic E-state index is -0.881. The maximum Gasteiger partial charge on any atom is 0.407 e. The van der Waals surface area contributed by atoms with Crippen LogP contribution in [-0.4, -0.2) is 39.4 Å². The first-order chi connectivity index (χ1) is 10.2. The predicted octanol–water partition coefficient (Wildman–Crippen LogP) is 1.63. The van der Waals surface area contributed by atoms with Crippen LogP contribution in [0.25, 0.3) is 0 Å². The maximum absolute atomic E-state index is 11.8. The Morgan fingerprint density at radius 2 is 1.71 bits per heavy atom. The zero-order chi connectivity index (χ0) is 15.2. The Hall–Kier alpha value is -2.50. The molecule has 0 bridgehead atoms. The standard InChI is InChI=1S/C15H18N2O4/c1-20-14(18)13(16-15(19)21-2)11-5-7-12(8-6-11)17-9-3-4-10-17/h3-8,13H,9-10H2,1-2H3,(H,16,19)/t13-/m0/s1. The highest BCUT2D eigenvalue weighted by Gasteiger charge is 2.24. The molecule has 1 atom stereocenters. The number of hydrogen-bond donors (Lipinski definition) is 1. The molecule has 0 radical (unpaired) electrons. The number of nitrogens with zero attached hydrogens (tertiary/aromatic N) is 1. The first kappa shape index (κ1) is 14.9. The van der Waals surface area contributed by atoms with Crippen LogP contribution in [0.5, 0.6) is 0 Å². The Morgan fingerprint density at radius 3 is 2.24 bits per heavy atom. The van der Waals surface area contributed by atoms with Crippen molar-refractivity contribution in [1.82, 2.24) is 5.32 Å². The third-order valence-electron chi connectivity index (χ3n) is 3.29. The summed E-state index contributed by atoms with van der Waals surface area (Å²) in [5, 5.41) is 2.46. The van der Waals surface area contributed by atoms with Crippen molar-refractivity contribution in [3.05, 3.63) is 42.0 Å². The van der Waals surface area contributed by atoms with Crippen molar-refractivity contribution in [3.8, 4) is 0 Å². The summed E-state index contributed by atoms with van der Waals surface area (Å²) in [6.45, 7) is 1.75. The molecule has 1 N–H and O–H groups in total. The number of carbonyl (C=O) groups excluding carboxylic acids is 2. The van der Waals surface area contributed by atoms with Gasteiger partial charge < -0.3 is 19.7 Å². The molecule has 0 unspecified atom stereocenters. The van der Waals surface area contributed by atoms with Crippen LogP contribution in [0, 0.1) is 0 Å². The minimum Gasteiger partial charge on any atom is -0.467 e. The summed E-state index contributed by atoms with van der Waals surface area (Å²) in [6, 6.07) is 6.54. The molecule has 0 fully saturated rings. The second-order valence-electron chi connectivity index (χ2n) is 4.56. The van der Waals surface area contributed by atoms with Crippen LogP contribution in [0.4, 0.5) is 10.5 Å². The monoisotopic (exact) mass is 290 g/mol. The summed E-state index contributed by atoms with van der Waals surface area (Å²) in [4.78, 5) is 25.3. The van der Waals surface area contributed by atoms with Gasteiger partial charge in [-0.2, -0.15) is 0 Å². The van der Waals surface area contributed by atoms with E-state index in [4.69, 9.17) is 4.74 Å². The Bertz CT molecular complexity index is 531. The number of amides is 1. The number of esters is 1. The van der Waals surface area contributed by atoms with E-state index in [9.17, 15) is 9.59 Å². The molecule has 1 aliphatic heterocycles. The van der Waals surface area contributed by atoms with Crippen LogP contribution in [0.2, 0.25) is 0 Å². The van der Waals surface area contributed by atoms with Crippen molar-refractivity contribution in [2.24, 2.45) is 0 Å². The number of benzene rings is 1. The SMILES string of the molecule is COC(=O)N[C@H](C(=O)OC)c1ccc(N2CC=CC2)cc1. The van der Waals surface area contributed by atoms with Gasteiger partial charge in [-0.15, -0.1) is 0 Å². The molecule has 0 saturated carbocycles. The van der Waals surface area contributed by atoms with Gasteiger partial charge in [0.25, 0.3) is 0 Å². The summed E-state index contributed by atoms with van der Waals surface area (Å²) < 4.78 is 9.24. The first-order valence-corrected chi connectivity index (χ1v) is 6.58. The van der Waals surface area contributed by atoms with E-state index >= 15 is 0 Å². The number of ether oxygens (including phenoxy) is 2. The quantitative estimate of drug-likeness (QED) is 0.674. The number of alkyl carbamates (subject to hydrolysis) is 1. The van der Waals surface area contributed by atoms with Gasteiger partial charge in [0.1, 0.15) is 0 Å². The normalized spacial score (nSPS) is 14.7. The average molecular weight is 290 g/mol. The van der Waals surface area contributed by atoms with E-state index in [2.05, 4.69) is 27.1 Å². The van der Waals surface area contributed by atoms with E-state index in [0.717, 1.165) is 18.8 Å². The van der Waals surface area contributed by atoms with E-state index < -0.39 is 18.1 Å². The first-order valence-electron chi connectivity index (χ1n) is 6.58. The fraction of sp³-hybridized carbons (Fsp3) is 0.333. The molecule has 1 aliphatic rings. The zero-order valence-corrected chi connectivity index (χ0v) is 12.0. The number of anilines is 1. The molecule has 1 amide bonds. The summed E-state index contributed by atoms with van der Waals surface area (Å²) in [6.07, 6.45) is 3.52. The van der Waals surface area contributed by atoms with Gasteiger partial charge in [-0.1, -0.05) is 24.3 Å². The van der Waals surface area contributed by atoms with E-state index in [0.29, 0.717) is 5.56 Å². The molecule has 0 aliphatic carbocycles. The van der Waals surface area contributed by atoms with Gasteiger partial charge in [0.05, 0.1) is 14.2 Å². The molecule has 0 spiro atoms. The zero-order valence-electron chi connectivity index (χ0n) is 12.0. The Balaban J connectivity index is 2.15. The van der Waals surface area contributed by atoms with Gasteiger partial charge in [-0.05, 0) is 17.7 Å². The van der Waals surface area contributed by atoms with Gasteiger partial charge in [0, 0.05) is 18.8 Å². The number of hydrogen-bond acceptors (Lipinski definition) is 5. The van der Waals surface area contributed by atoms with E-state index in [1.54, 1.807) is 12.1 Å². The molecule has 1 heterocycles. The number of carbonyl (C=O) groups is 2. The van der Waals surface area contributed by atoms with Gasteiger partial charge in [0.15, 0.2) is 6.04 Å². The van der Waals surface area contributed by atoms with Crippen LogP contribution in [0.3, 0.4) is 0 Å². The molecule has 0 saturated heterocycles. The molecule has 1 aromatic carbocycles. The Labute approximate surface area is 123 Å². The lowest BCUT2D eigenvalue weighted by Crippen LogP contribution is -2.34. The van der Waals surface area contributed by atoms with Crippen molar-refractivity contribution >= 4 is 17.7 Å². The second-order valence-corrected chi connectivity index (χ2v) is 4.56. The lowest BCUT2D eigenvalue weighted by atomic mass is 10.1. The molecule has 112 valence electrons. The van der Waals surface area contributed by atoms with Crippen molar-refractivity contribution in [2.45, 2.75) is 6.04 Å². The molecule has 6 nitrogen and oxygen atoms in total. The lowest BCUT2D eigenvalue weighted by Gasteiger charge is -2.20. The molecule has 0 aromatic heterocycles. The molecular weight excluding hydrogens is 272 g/mol. The summed E-state index contributed by atoms with van der Waals surface area (Å²) in [7, 11) is 2.52. The largest absolute Gasteiger partial charge is 0.467 e. The van der Waals surface area contributed by atoms with Crippen molar-refractivity contribution in [1.29, 1.82) is 0 Å². The van der Waals surface area contributed by atoms with Gasteiger partial charge >= 0.3 is 12.1 Å². The smallest absolute Gasteiger partial charge is 0.407 e. The Kier molecular flexibility index (Phi) is 4.81. The molecular formula is C15H18N2O4. The van der Waals surface area contributed by atoms with E-state index in [1.165, 1.54) is 14.2 Å². The number of methoxy groups -OCH3 is 2. The van der Waals surface area contributed by atoms with Crippen molar-refractivity contribution < 1.29 is 19.1 Å². The van der Waals surface area contributed by atoms with E-state index in [1.807, 2.05) is 12.1 Å². The highest BCUT2D eigenvalue weighted by Crippen LogP contribution is 2.21. The van der Waals surface area contributed by atoms with Gasteiger partial charge in [0.2, 0.25) is 0 Å². The fourth-order valence-electron chi connectivity index (χ4n) is 2.14. The second kappa shape index (κ2) is 6.78. The third kappa shape index (κ3) is 3.53. The number of nitrogens with one attached hydrogen (secondary N) is 1. The maximum atomic E-state index is 11.8. The van der Waals surface area contributed by atoms with Crippen molar-refractivity contribution in [3.63, 3.8) is 0 Å². The van der Waals surface area contributed by atoms with E-state index in [-0.39, 0.29) is 0 Å². The highest BCUT2D eigenvalue weighted by atomic mass is 16.5. The predicted molar refractivity (Wildman–Crippen MR) is 78.1 cm³/mol. The topological polar surface area (TPSA) is 67.9 Å². The van der Waals surface area contributed by atoms with Crippen LogP contribution < -0.4 is 10.2 Å². The average Bonchev–Trinajstić information content (AvgIpc) is 3.06. The van der Waals surface area contributed by atoms with Crippen LogP contribution in [0.1, 0.15) is 11.6 Å². The summed E-state index contributed by atoms with van der Waals surface area (Å²) >= 11 is 0. The van der Waals surface area contributed by atoms with Crippen LogP contribution in [-0.2, 0) is 14.3 Å². The lowest BCUT2D eigenvalue weighted by molar-refractivity contribution is -0.143. The molecule has 1 aromatic rings. The molecule has 6 heteroatoms. The van der Waals surface area contributed by atoms with Crippen molar-refractivity contribution in [2.75, 3.05) is 32.2 Å². The number of rotatable bonds is 4. The fourth-order valence-corrected chi connectivity index (χ4v) is 2.14. The summed E-state index contributed by atoms with van der Waals surface area (Å²) in [5.41, 5.74) is 1.70. The highest BCUT2D eigenvalue weighted by molar-refractivity contribution is 5.82. The van der Waals surface area contributed by atoms with Crippen LogP contribution >= 0.6 is 0 Å². The summed E-state index contributed by atoms with van der Waals surface area (Å²) in [5.74, 6) is -0.545. The minimum absolute atomic E-state index is 0.545. The molecule has 2 rings (SSSR count). The third-order valence-corrected chi connectivity index (χ3v) is 3.29.